The first-order valence-corrected chi connectivity index (χ1v) is 9.91. The van der Waals surface area contributed by atoms with Crippen molar-refractivity contribution in [2.75, 3.05) is 30.5 Å². The summed E-state index contributed by atoms with van der Waals surface area (Å²) in [5, 5.41) is 5.05. The van der Waals surface area contributed by atoms with Crippen molar-refractivity contribution >= 4 is 27.1 Å². The Labute approximate surface area is 160 Å². The molecular weight excluding hydrogens is 397 g/mol. The van der Waals surface area contributed by atoms with Crippen LogP contribution in [0.4, 0.5) is 24.5 Å². The van der Waals surface area contributed by atoms with E-state index in [0.717, 1.165) is 11.6 Å². The van der Waals surface area contributed by atoms with E-state index in [0.29, 0.717) is 23.8 Å². The van der Waals surface area contributed by atoms with Crippen LogP contribution in [0.25, 0.3) is 0 Å². The minimum Gasteiger partial charge on any atom is -0.495 e. The van der Waals surface area contributed by atoms with Gasteiger partial charge in [0.2, 0.25) is 5.91 Å². The van der Waals surface area contributed by atoms with Crippen LogP contribution in [0.15, 0.2) is 41.3 Å². The zero-order valence-electron chi connectivity index (χ0n) is 15.3. The lowest BCUT2D eigenvalue weighted by Gasteiger charge is -2.17. The number of methoxy groups -OCH3 is 1. The normalized spacial score (nSPS) is 11.8. The Bertz CT molecular complexity index is 989. The number of halogens is 3. The molecule has 10 heteroatoms. The molecule has 0 aliphatic carbocycles. The van der Waals surface area contributed by atoms with Gasteiger partial charge in [-0.2, -0.15) is 13.2 Å². The number of amides is 1. The number of hydrogen-bond donors (Lipinski definition) is 2. The van der Waals surface area contributed by atoms with Gasteiger partial charge in [0, 0.05) is 6.26 Å². The van der Waals surface area contributed by atoms with Crippen LogP contribution >= 0.6 is 0 Å². The highest BCUT2D eigenvalue weighted by Crippen LogP contribution is 2.37. The summed E-state index contributed by atoms with van der Waals surface area (Å²) in [6, 6.07) is 8.04. The van der Waals surface area contributed by atoms with Crippen molar-refractivity contribution in [3.63, 3.8) is 0 Å². The Morgan fingerprint density at radius 1 is 1.14 bits per heavy atom. The van der Waals surface area contributed by atoms with E-state index in [1.54, 1.807) is 18.2 Å². The Morgan fingerprint density at radius 3 is 2.39 bits per heavy atom. The van der Waals surface area contributed by atoms with Crippen LogP contribution < -0.4 is 15.4 Å². The molecule has 2 rings (SSSR count). The quantitative estimate of drug-likeness (QED) is 0.753. The second-order valence-corrected chi connectivity index (χ2v) is 8.01. The van der Waals surface area contributed by atoms with Crippen LogP contribution in [-0.4, -0.2) is 34.2 Å². The van der Waals surface area contributed by atoms with Gasteiger partial charge in [0.05, 0.1) is 30.6 Å². The van der Waals surface area contributed by atoms with Gasteiger partial charge in [-0.05, 0) is 36.8 Å². The molecule has 28 heavy (non-hydrogen) atoms. The van der Waals surface area contributed by atoms with Crippen LogP contribution in [0.2, 0.25) is 0 Å². The predicted octanol–water partition coefficient (Wildman–Crippen LogP) is 3.48. The SMILES string of the molecule is COc1ccc(C)cc1NC(=O)CNc1cccc(C(F)(F)F)c1S(C)(=O)=O. The van der Waals surface area contributed by atoms with Gasteiger partial charge in [0.1, 0.15) is 10.6 Å². The number of sulfone groups is 1. The highest BCUT2D eigenvalue weighted by Gasteiger charge is 2.37. The topological polar surface area (TPSA) is 84.5 Å². The number of nitrogens with one attached hydrogen (secondary N) is 2. The third kappa shape index (κ3) is 5.16. The fraction of sp³-hybridized carbons (Fsp3) is 0.278. The first-order valence-electron chi connectivity index (χ1n) is 8.02. The summed E-state index contributed by atoms with van der Waals surface area (Å²) in [4.78, 5) is 11.3. The number of hydrogen-bond acceptors (Lipinski definition) is 5. The molecule has 0 radical (unpaired) electrons. The number of anilines is 2. The van der Waals surface area contributed by atoms with Gasteiger partial charge in [0.25, 0.3) is 0 Å². The number of carbonyl (C=O) groups is 1. The Balaban J connectivity index is 2.26. The average molecular weight is 416 g/mol. The molecule has 0 fully saturated rings. The van der Waals surface area contributed by atoms with Gasteiger partial charge in [0.15, 0.2) is 9.84 Å². The molecular formula is C18H19F3N2O4S. The summed E-state index contributed by atoms with van der Waals surface area (Å²) in [6.07, 6.45) is -4.17. The van der Waals surface area contributed by atoms with E-state index in [-0.39, 0.29) is 5.69 Å². The van der Waals surface area contributed by atoms with Crippen molar-refractivity contribution in [1.29, 1.82) is 0 Å². The fourth-order valence-electron chi connectivity index (χ4n) is 2.59. The molecule has 152 valence electrons. The predicted molar refractivity (Wildman–Crippen MR) is 99.4 cm³/mol. The first-order chi connectivity index (χ1) is 12.9. The molecule has 0 aromatic heterocycles. The second-order valence-electron chi connectivity index (χ2n) is 6.06. The largest absolute Gasteiger partial charge is 0.495 e. The molecule has 0 unspecified atom stereocenters. The van der Waals surface area contributed by atoms with E-state index in [9.17, 15) is 26.4 Å². The van der Waals surface area contributed by atoms with Crippen molar-refractivity contribution in [3.05, 3.63) is 47.5 Å². The molecule has 1 amide bonds. The van der Waals surface area contributed by atoms with E-state index < -0.39 is 38.9 Å². The highest BCUT2D eigenvalue weighted by molar-refractivity contribution is 7.91. The van der Waals surface area contributed by atoms with Crippen molar-refractivity contribution in [1.82, 2.24) is 0 Å². The summed E-state index contributed by atoms with van der Waals surface area (Å²) in [5.74, 6) is -0.171. The van der Waals surface area contributed by atoms with E-state index in [4.69, 9.17) is 4.74 Å². The van der Waals surface area contributed by atoms with Gasteiger partial charge in [-0.3, -0.25) is 4.79 Å². The molecule has 0 saturated carbocycles. The highest BCUT2D eigenvalue weighted by atomic mass is 32.2. The van der Waals surface area contributed by atoms with E-state index in [1.165, 1.54) is 13.2 Å². The zero-order valence-corrected chi connectivity index (χ0v) is 16.2. The summed E-state index contributed by atoms with van der Waals surface area (Å²) < 4.78 is 68.5. The standard InChI is InChI=1S/C18H19F3N2O4S/c1-11-7-8-15(27-2)14(9-11)23-16(24)10-22-13-6-4-5-12(18(19,20)21)17(13)28(3,25)26/h4-9,22H,10H2,1-3H3,(H,23,24). The molecule has 0 aliphatic rings. The maximum absolute atomic E-state index is 13.2. The average Bonchev–Trinajstić information content (AvgIpc) is 2.58. The van der Waals surface area contributed by atoms with Gasteiger partial charge < -0.3 is 15.4 Å². The minimum absolute atomic E-state index is 0.302. The molecule has 2 aromatic rings. The van der Waals surface area contributed by atoms with Crippen molar-refractivity contribution < 1.29 is 31.1 Å². The smallest absolute Gasteiger partial charge is 0.417 e. The summed E-state index contributed by atoms with van der Waals surface area (Å²) in [7, 11) is -2.77. The lowest BCUT2D eigenvalue weighted by Crippen LogP contribution is -2.23. The zero-order chi connectivity index (χ0) is 21.1. The first kappa shape index (κ1) is 21.5. The summed E-state index contributed by atoms with van der Waals surface area (Å²) in [5.41, 5.74) is -0.340. The van der Waals surface area contributed by atoms with Gasteiger partial charge in [-0.25, -0.2) is 8.42 Å². The maximum Gasteiger partial charge on any atom is 0.417 e. The van der Waals surface area contributed by atoms with E-state index in [2.05, 4.69) is 10.6 Å². The monoisotopic (exact) mass is 416 g/mol. The second kappa shape index (κ2) is 8.09. The van der Waals surface area contributed by atoms with Gasteiger partial charge in [-0.15, -0.1) is 0 Å². The third-order valence-electron chi connectivity index (χ3n) is 3.76. The van der Waals surface area contributed by atoms with Crippen molar-refractivity contribution in [2.24, 2.45) is 0 Å². The molecule has 0 heterocycles. The van der Waals surface area contributed by atoms with Crippen LogP contribution in [0.5, 0.6) is 5.75 Å². The molecule has 0 atom stereocenters. The number of carbonyl (C=O) groups excluding carboxylic acids is 1. The molecule has 0 spiro atoms. The van der Waals surface area contributed by atoms with E-state index >= 15 is 0 Å². The number of ether oxygens (including phenoxy) is 1. The Morgan fingerprint density at radius 2 is 1.82 bits per heavy atom. The van der Waals surface area contributed by atoms with Crippen molar-refractivity contribution in [2.45, 2.75) is 18.0 Å². The van der Waals surface area contributed by atoms with Crippen molar-refractivity contribution in [3.8, 4) is 5.75 Å². The third-order valence-corrected chi connectivity index (χ3v) is 4.94. The van der Waals surface area contributed by atoms with Crippen LogP contribution in [0.3, 0.4) is 0 Å². The van der Waals surface area contributed by atoms with Gasteiger partial charge in [-0.1, -0.05) is 12.1 Å². The number of benzene rings is 2. The number of aryl methyl sites for hydroxylation is 1. The molecule has 0 aliphatic heterocycles. The fourth-order valence-corrected chi connectivity index (χ4v) is 3.71. The van der Waals surface area contributed by atoms with E-state index in [1.807, 2.05) is 6.92 Å². The Kier molecular flexibility index (Phi) is 6.23. The molecule has 6 nitrogen and oxygen atoms in total. The van der Waals surface area contributed by atoms with Crippen LogP contribution in [0.1, 0.15) is 11.1 Å². The molecule has 2 N–H and O–H groups in total. The molecule has 0 bridgehead atoms. The lowest BCUT2D eigenvalue weighted by molar-refractivity contribution is -0.139. The lowest BCUT2D eigenvalue weighted by atomic mass is 10.2. The number of rotatable bonds is 6. The molecule has 0 saturated heterocycles. The van der Waals surface area contributed by atoms with Gasteiger partial charge >= 0.3 is 6.18 Å². The molecule has 2 aromatic carbocycles. The Hall–Kier alpha value is -2.75. The van der Waals surface area contributed by atoms with Crippen LogP contribution in [-0.2, 0) is 20.8 Å². The maximum atomic E-state index is 13.2. The minimum atomic E-state index is -4.85. The number of alkyl halides is 3. The summed E-state index contributed by atoms with van der Waals surface area (Å²) in [6.45, 7) is 1.37. The van der Waals surface area contributed by atoms with Crippen LogP contribution in [0, 0.1) is 6.92 Å². The summed E-state index contributed by atoms with van der Waals surface area (Å²) >= 11 is 0.